The van der Waals surface area contributed by atoms with Gasteiger partial charge in [0.25, 0.3) is 0 Å². The summed E-state index contributed by atoms with van der Waals surface area (Å²) in [5, 5.41) is 19.9. The van der Waals surface area contributed by atoms with Crippen LogP contribution in [0, 0.1) is 5.92 Å². The Labute approximate surface area is 118 Å². The minimum Gasteiger partial charge on any atom is -0.466 e. The molecule has 1 atom stereocenters. The van der Waals surface area contributed by atoms with E-state index in [1.807, 2.05) is 35.2 Å². The van der Waals surface area contributed by atoms with Gasteiger partial charge < -0.3 is 14.9 Å². The van der Waals surface area contributed by atoms with Crippen molar-refractivity contribution < 1.29 is 19.7 Å². The Balaban J connectivity index is 2.02. The number of piperidine rings is 1. The second-order valence-electron chi connectivity index (χ2n) is 5.15. The molecule has 1 aromatic rings. The van der Waals surface area contributed by atoms with E-state index in [4.69, 9.17) is 4.74 Å². The molecule has 0 aromatic heterocycles. The minimum atomic E-state index is -1.97. The summed E-state index contributed by atoms with van der Waals surface area (Å²) in [6.45, 7) is 3.47. The second kappa shape index (κ2) is 6.35. The number of carbonyl (C=O) groups excluding carboxylic acids is 1. The highest BCUT2D eigenvalue weighted by molar-refractivity contribution is 5.74. The molecule has 0 saturated carbocycles. The van der Waals surface area contributed by atoms with E-state index in [9.17, 15) is 15.0 Å². The maximum absolute atomic E-state index is 11.8. The summed E-state index contributed by atoms with van der Waals surface area (Å²) >= 11 is 0. The molecule has 110 valence electrons. The number of hydrogen-bond acceptors (Lipinski definition) is 5. The lowest BCUT2D eigenvalue weighted by atomic mass is 9.90. The monoisotopic (exact) mass is 279 g/mol. The quantitative estimate of drug-likeness (QED) is 0.629. The first-order chi connectivity index (χ1) is 9.53. The van der Waals surface area contributed by atoms with E-state index in [1.54, 1.807) is 6.92 Å². The highest BCUT2D eigenvalue weighted by Crippen LogP contribution is 2.27. The highest BCUT2D eigenvalue weighted by Gasteiger charge is 2.45. The highest BCUT2D eigenvalue weighted by atomic mass is 16.5. The molecule has 5 nitrogen and oxygen atoms in total. The van der Waals surface area contributed by atoms with Gasteiger partial charge in [-0.2, -0.15) is 0 Å². The Morgan fingerprint density at radius 2 is 2.10 bits per heavy atom. The summed E-state index contributed by atoms with van der Waals surface area (Å²) in [6.07, 6.45) is 0.142. The van der Waals surface area contributed by atoms with Crippen LogP contribution in [0.5, 0.6) is 0 Å². The van der Waals surface area contributed by atoms with E-state index in [1.165, 1.54) is 0 Å². The smallest absolute Gasteiger partial charge is 0.315 e. The van der Waals surface area contributed by atoms with E-state index >= 15 is 0 Å². The summed E-state index contributed by atoms with van der Waals surface area (Å²) in [7, 11) is 0. The van der Waals surface area contributed by atoms with Crippen molar-refractivity contribution in [1.82, 2.24) is 4.90 Å². The van der Waals surface area contributed by atoms with Crippen molar-refractivity contribution in [1.29, 1.82) is 0 Å². The first-order valence-electron chi connectivity index (χ1n) is 6.90. The van der Waals surface area contributed by atoms with Gasteiger partial charge in [0.1, 0.15) is 5.92 Å². The molecule has 0 bridgehead atoms. The summed E-state index contributed by atoms with van der Waals surface area (Å²) < 4.78 is 4.93. The van der Waals surface area contributed by atoms with Gasteiger partial charge in [0.05, 0.1) is 6.61 Å². The first-order valence-corrected chi connectivity index (χ1v) is 6.90. The second-order valence-corrected chi connectivity index (χ2v) is 5.15. The van der Waals surface area contributed by atoms with E-state index in [-0.39, 0.29) is 13.0 Å². The number of hydrogen-bond donors (Lipinski definition) is 2. The molecule has 0 amide bonds. The van der Waals surface area contributed by atoms with Crippen LogP contribution in [0.4, 0.5) is 0 Å². The van der Waals surface area contributed by atoms with Gasteiger partial charge in [-0.05, 0) is 12.5 Å². The Morgan fingerprint density at radius 1 is 1.40 bits per heavy atom. The van der Waals surface area contributed by atoms with Gasteiger partial charge in [0.15, 0.2) is 5.79 Å². The fourth-order valence-corrected chi connectivity index (χ4v) is 2.48. The van der Waals surface area contributed by atoms with Crippen molar-refractivity contribution in [3.8, 4) is 0 Å². The molecule has 1 heterocycles. The number of esters is 1. The summed E-state index contributed by atoms with van der Waals surface area (Å²) in [4.78, 5) is 13.9. The van der Waals surface area contributed by atoms with Gasteiger partial charge in [-0.1, -0.05) is 30.3 Å². The van der Waals surface area contributed by atoms with Crippen molar-refractivity contribution in [3.63, 3.8) is 0 Å². The van der Waals surface area contributed by atoms with Crippen LogP contribution in [-0.2, 0) is 16.1 Å². The van der Waals surface area contributed by atoms with Crippen LogP contribution in [0.3, 0.4) is 0 Å². The number of carbonyl (C=O) groups is 1. The van der Waals surface area contributed by atoms with Crippen LogP contribution >= 0.6 is 0 Å². The largest absolute Gasteiger partial charge is 0.466 e. The molecule has 1 unspecified atom stereocenters. The number of ether oxygens (including phenoxy) is 1. The van der Waals surface area contributed by atoms with E-state index in [2.05, 4.69) is 0 Å². The maximum Gasteiger partial charge on any atom is 0.315 e. The average Bonchev–Trinajstić information content (AvgIpc) is 2.42. The molecule has 1 aromatic carbocycles. The standard InChI is InChI=1S/C15H21NO4/c1-2-20-14(17)13-11-16(9-8-15(13,18)19)10-12-6-4-3-5-7-12/h3-7,13,18-19H,2,8-11H2,1H3. The molecular formula is C15H21NO4. The van der Waals surface area contributed by atoms with E-state index in [0.29, 0.717) is 19.6 Å². The third-order valence-electron chi connectivity index (χ3n) is 3.61. The lowest BCUT2D eigenvalue weighted by Crippen LogP contribution is -2.55. The van der Waals surface area contributed by atoms with Crippen LogP contribution in [0.2, 0.25) is 0 Å². The fraction of sp³-hybridized carbons (Fsp3) is 0.533. The summed E-state index contributed by atoms with van der Waals surface area (Å²) in [5.74, 6) is -3.44. The molecule has 0 spiro atoms. The number of benzene rings is 1. The lowest BCUT2D eigenvalue weighted by Gasteiger charge is -2.39. The lowest BCUT2D eigenvalue weighted by molar-refractivity contribution is -0.232. The molecule has 1 saturated heterocycles. The SMILES string of the molecule is CCOC(=O)C1CN(Cc2ccccc2)CCC1(O)O. The number of aliphatic hydroxyl groups is 2. The Hall–Kier alpha value is -1.43. The third-order valence-corrected chi connectivity index (χ3v) is 3.61. The van der Waals surface area contributed by atoms with Crippen LogP contribution in [0.25, 0.3) is 0 Å². The van der Waals surface area contributed by atoms with Crippen molar-refractivity contribution in [2.75, 3.05) is 19.7 Å². The average molecular weight is 279 g/mol. The molecule has 1 fully saturated rings. The molecule has 1 aliphatic rings. The zero-order valence-corrected chi connectivity index (χ0v) is 11.7. The van der Waals surface area contributed by atoms with Crippen LogP contribution in [-0.4, -0.2) is 46.6 Å². The zero-order chi connectivity index (χ0) is 14.6. The van der Waals surface area contributed by atoms with Crippen LogP contribution < -0.4 is 0 Å². The molecule has 0 aliphatic carbocycles. The predicted octanol–water partition coefficient (Wildman–Crippen LogP) is 0.752. The van der Waals surface area contributed by atoms with Gasteiger partial charge in [-0.3, -0.25) is 9.69 Å². The van der Waals surface area contributed by atoms with Gasteiger partial charge in [0.2, 0.25) is 0 Å². The maximum atomic E-state index is 11.8. The fourth-order valence-electron chi connectivity index (χ4n) is 2.48. The number of likely N-dealkylation sites (tertiary alicyclic amines) is 1. The van der Waals surface area contributed by atoms with Crippen LogP contribution in [0.15, 0.2) is 30.3 Å². The molecule has 20 heavy (non-hydrogen) atoms. The first kappa shape index (κ1) is 15.0. The Bertz CT molecular complexity index is 446. The predicted molar refractivity (Wildman–Crippen MR) is 73.6 cm³/mol. The topological polar surface area (TPSA) is 70.0 Å². The molecule has 1 aliphatic heterocycles. The van der Waals surface area contributed by atoms with Crippen LogP contribution in [0.1, 0.15) is 18.9 Å². The molecule has 5 heteroatoms. The van der Waals surface area contributed by atoms with Crippen molar-refractivity contribution >= 4 is 5.97 Å². The summed E-state index contributed by atoms with van der Waals surface area (Å²) in [5.41, 5.74) is 1.14. The Morgan fingerprint density at radius 3 is 2.75 bits per heavy atom. The van der Waals surface area contributed by atoms with Gasteiger partial charge in [0, 0.05) is 26.1 Å². The molecular weight excluding hydrogens is 258 g/mol. The zero-order valence-electron chi connectivity index (χ0n) is 11.7. The minimum absolute atomic E-state index is 0.142. The summed E-state index contributed by atoms with van der Waals surface area (Å²) in [6, 6.07) is 9.90. The molecule has 2 N–H and O–H groups in total. The Kier molecular flexibility index (Phi) is 4.75. The number of nitrogens with zero attached hydrogens (tertiary/aromatic N) is 1. The third kappa shape index (κ3) is 3.56. The molecule has 0 radical (unpaired) electrons. The van der Waals surface area contributed by atoms with E-state index in [0.717, 1.165) is 5.56 Å². The normalized spacial score (nSPS) is 22.4. The molecule has 2 rings (SSSR count). The van der Waals surface area contributed by atoms with Gasteiger partial charge in [-0.25, -0.2) is 0 Å². The van der Waals surface area contributed by atoms with Crippen molar-refractivity contribution in [2.24, 2.45) is 5.92 Å². The van der Waals surface area contributed by atoms with E-state index < -0.39 is 17.7 Å². The van der Waals surface area contributed by atoms with Crippen molar-refractivity contribution in [3.05, 3.63) is 35.9 Å². The van der Waals surface area contributed by atoms with Crippen molar-refractivity contribution in [2.45, 2.75) is 25.7 Å². The van der Waals surface area contributed by atoms with Gasteiger partial charge >= 0.3 is 5.97 Å². The van der Waals surface area contributed by atoms with Gasteiger partial charge in [-0.15, -0.1) is 0 Å². The number of rotatable bonds is 4.